The van der Waals surface area contributed by atoms with E-state index in [0.29, 0.717) is 5.92 Å². The van der Waals surface area contributed by atoms with Crippen LogP contribution >= 0.6 is 0 Å². The number of pyridine rings is 1. The molecule has 0 saturated carbocycles. The lowest BCUT2D eigenvalue weighted by Crippen LogP contribution is -2.27. The van der Waals surface area contributed by atoms with Crippen molar-refractivity contribution in [2.75, 3.05) is 13.1 Å². The molecule has 3 heterocycles. The minimum atomic E-state index is 0.590. The molecule has 0 spiro atoms. The Kier molecular flexibility index (Phi) is 3.39. The van der Waals surface area contributed by atoms with Crippen molar-refractivity contribution in [1.82, 2.24) is 20.1 Å². The molecule has 4 nitrogen and oxygen atoms in total. The van der Waals surface area contributed by atoms with Gasteiger partial charge < -0.3 is 5.32 Å². The number of fused-ring (bicyclic) bond motifs is 1. The van der Waals surface area contributed by atoms with Crippen LogP contribution in [0.1, 0.15) is 24.5 Å². The molecular formula is C18H20N4. The second kappa shape index (κ2) is 5.54. The minimum absolute atomic E-state index is 0.590. The lowest BCUT2D eigenvalue weighted by atomic mass is 9.93. The summed E-state index contributed by atoms with van der Waals surface area (Å²) in [7, 11) is 1.95. The van der Waals surface area contributed by atoms with Gasteiger partial charge in [-0.25, -0.2) is 0 Å². The molecule has 0 atom stereocenters. The van der Waals surface area contributed by atoms with Crippen molar-refractivity contribution in [3.05, 3.63) is 48.5 Å². The standard InChI is InChI=1S/C18H20N4/c1-22-12-17(11-21-22)14-2-3-15-10-20-18(9-16(15)8-14)13-4-6-19-7-5-13/h2-3,8-13,19H,4-7H2,1H3. The van der Waals surface area contributed by atoms with Crippen LogP contribution in [-0.4, -0.2) is 27.9 Å². The van der Waals surface area contributed by atoms with Crippen LogP contribution in [0.25, 0.3) is 21.9 Å². The van der Waals surface area contributed by atoms with E-state index in [4.69, 9.17) is 4.98 Å². The quantitative estimate of drug-likeness (QED) is 0.789. The van der Waals surface area contributed by atoms with Gasteiger partial charge in [-0.1, -0.05) is 12.1 Å². The maximum absolute atomic E-state index is 4.69. The molecule has 0 amide bonds. The zero-order chi connectivity index (χ0) is 14.9. The first-order valence-corrected chi connectivity index (χ1v) is 7.89. The van der Waals surface area contributed by atoms with Crippen LogP contribution in [0.3, 0.4) is 0 Å². The van der Waals surface area contributed by atoms with Crippen molar-refractivity contribution < 1.29 is 0 Å². The van der Waals surface area contributed by atoms with Gasteiger partial charge in [0.15, 0.2) is 0 Å². The third-order valence-corrected chi connectivity index (χ3v) is 4.54. The van der Waals surface area contributed by atoms with Gasteiger partial charge in [-0.2, -0.15) is 5.10 Å². The molecule has 0 unspecified atom stereocenters. The summed E-state index contributed by atoms with van der Waals surface area (Å²) in [6.07, 6.45) is 8.34. The first-order valence-electron chi connectivity index (χ1n) is 7.89. The SMILES string of the molecule is Cn1cc(-c2ccc3cnc(C4CCNCC4)cc3c2)cn1. The molecule has 1 saturated heterocycles. The van der Waals surface area contributed by atoms with Crippen molar-refractivity contribution in [3.8, 4) is 11.1 Å². The summed E-state index contributed by atoms with van der Waals surface area (Å²) < 4.78 is 1.84. The van der Waals surface area contributed by atoms with Crippen LogP contribution in [0.4, 0.5) is 0 Å². The summed E-state index contributed by atoms with van der Waals surface area (Å²) in [5.74, 6) is 0.590. The van der Waals surface area contributed by atoms with E-state index in [1.165, 1.54) is 34.9 Å². The molecule has 4 rings (SSSR count). The van der Waals surface area contributed by atoms with Gasteiger partial charge in [0.1, 0.15) is 0 Å². The Labute approximate surface area is 130 Å². The van der Waals surface area contributed by atoms with Crippen LogP contribution in [0.15, 0.2) is 42.9 Å². The van der Waals surface area contributed by atoms with Gasteiger partial charge >= 0.3 is 0 Å². The fraction of sp³-hybridized carbons (Fsp3) is 0.333. The molecule has 1 aromatic carbocycles. The zero-order valence-corrected chi connectivity index (χ0v) is 12.8. The van der Waals surface area contributed by atoms with E-state index >= 15 is 0 Å². The number of rotatable bonds is 2. The Morgan fingerprint density at radius 3 is 2.68 bits per heavy atom. The Morgan fingerprint density at radius 1 is 1.05 bits per heavy atom. The number of aromatic nitrogens is 3. The first kappa shape index (κ1) is 13.5. The van der Waals surface area contributed by atoms with Gasteiger partial charge in [0.2, 0.25) is 0 Å². The third kappa shape index (κ3) is 2.50. The number of nitrogens with one attached hydrogen (secondary N) is 1. The number of benzene rings is 1. The summed E-state index contributed by atoms with van der Waals surface area (Å²) in [5, 5.41) is 10.1. The largest absolute Gasteiger partial charge is 0.317 e. The molecule has 0 bridgehead atoms. The third-order valence-electron chi connectivity index (χ3n) is 4.54. The fourth-order valence-electron chi connectivity index (χ4n) is 3.25. The predicted molar refractivity (Wildman–Crippen MR) is 88.8 cm³/mol. The topological polar surface area (TPSA) is 42.7 Å². The van der Waals surface area contributed by atoms with Crippen LogP contribution in [0.5, 0.6) is 0 Å². The molecule has 1 aliphatic rings. The summed E-state index contributed by atoms with van der Waals surface area (Å²) in [4.78, 5) is 4.69. The number of piperidine rings is 1. The molecular weight excluding hydrogens is 272 g/mol. The second-order valence-corrected chi connectivity index (χ2v) is 6.10. The Bertz CT molecular complexity index is 800. The van der Waals surface area contributed by atoms with Crippen molar-refractivity contribution in [2.45, 2.75) is 18.8 Å². The molecule has 1 fully saturated rings. The average Bonchev–Trinajstić information content (AvgIpc) is 3.01. The van der Waals surface area contributed by atoms with E-state index < -0.39 is 0 Å². The molecule has 4 heteroatoms. The van der Waals surface area contributed by atoms with E-state index in [0.717, 1.165) is 18.7 Å². The highest BCUT2D eigenvalue weighted by Gasteiger charge is 2.16. The summed E-state index contributed by atoms with van der Waals surface area (Å²) in [6.45, 7) is 2.19. The van der Waals surface area contributed by atoms with E-state index in [-0.39, 0.29) is 0 Å². The molecule has 0 radical (unpaired) electrons. The monoisotopic (exact) mass is 292 g/mol. The average molecular weight is 292 g/mol. The number of aryl methyl sites for hydroxylation is 1. The number of hydrogen-bond acceptors (Lipinski definition) is 3. The molecule has 1 aliphatic heterocycles. The van der Waals surface area contributed by atoms with E-state index in [9.17, 15) is 0 Å². The van der Waals surface area contributed by atoms with Crippen molar-refractivity contribution in [2.24, 2.45) is 7.05 Å². The highest BCUT2D eigenvalue weighted by atomic mass is 15.2. The molecule has 112 valence electrons. The van der Waals surface area contributed by atoms with Gasteiger partial charge in [-0.15, -0.1) is 0 Å². The summed E-state index contributed by atoms with van der Waals surface area (Å²) >= 11 is 0. The maximum atomic E-state index is 4.69. The van der Waals surface area contributed by atoms with Crippen LogP contribution in [0, 0.1) is 0 Å². The Morgan fingerprint density at radius 2 is 1.91 bits per heavy atom. The first-order chi connectivity index (χ1) is 10.8. The van der Waals surface area contributed by atoms with E-state index in [1.807, 2.05) is 24.1 Å². The van der Waals surface area contributed by atoms with Crippen molar-refractivity contribution >= 4 is 10.8 Å². The molecule has 1 N–H and O–H groups in total. The van der Waals surface area contributed by atoms with Gasteiger partial charge in [0, 0.05) is 42.0 Å². The Balaban J connectivity index is 1.73. The summed E-state index contributed by atoms with van der Waals surface area (Å²) in [6, 6.07) is 8.81. The normalized spacial score (nSPS) is 16.2. The van der Waals surface area contributed by atoms with E-state index in [2.05, 4.69) is 40.9 Å². The molecule has 3 aromatic rings. The van der Waals surface area contributed by atoms with Gasteiger partial charge in [0.25, 0.3) is 0 Å². The molecule has 2 aromatic heterocycles. The maximum Gasteiger partial charge on any atom is 0.0568 e. The zero-order valence-electron chi connectivity index (χ0n) is 12.8. The Hall–Kier alpha value is -2.20. The van der Waals surface area contributed by atoms with Gasteiger partial charge in [-0.05, 0) is 49.0 Å². The van der Waals surface area contributed by atoms with Crippen LogP contribution in [0.2, 0.25) is 0 Å². The molecule has 22 heavy (non-hydrogen) atoms. The van der Waals surface area contributed by atoms with Crippen molar-refractivity contribution in [3.63, 3.8) is 0 Å². The lowest BCUT2D eigenvalue weighted by Gasteiger charge is -2.22. The van der Waals surface area contributed by atoms with Crippen molar-refractivity contribution in [1.29, 1.82) is 0 Å². The smallest absolute Gasteiger partial charge is 0.0568 e. The van der Waals surface area contributed by atoms with Gasteiger partial charge in [0.05, 0.1) is 6.20 Å². The molecule has 0 aliphatic carbocycles. The highest BCUT2D eigenvalue weighted by molar-refractivity contribution is 5.86. The van der Waals surface area contributed by atoms with Gasteiger partial charge in [-0.3, -0.25) is 9.67 Å². The number of nitrogens with zero attached hydrogens (tertiary/aromatic N) is 3. The summed E-state index contributed by atoms with van der Waals surface area (Å²) in [5.41, 5.74) is 3.60. The predicted octanol–water partition coefficient (Wildman–Crippen LogP) is 3.10. The minimum Gasteiger partial charge on any atom is -0.317 e. The number of hydrogen-bond donors (Lipinski definition) is 1. The van der Waals surface area contributed by atoms with E-state index in [1.54, 1.807) is 0 Å². The fourth-order valence-corrected chi connectivity index (χ4v) is 3.25. The van der Waals surface area contributed by atoms with Crippen LogP contribution < -0.4 is 5.32 Å². The second-order valence-electron chi connectivity index (χ2n) is 6.10. The highest BCUT2D eigenvalue weighted by Crippen LogP contribution is 2.28. The lowest BCUT2D eigenvalue weighted by molar-refractivity contribution is 0.454. The van der Waals surface area contributed by atoms with Crippen LogP contribution in [-0.2, 0) is 7.05 Å².